The van der Waals surface area contributed by atoms with E-state index in [0.29, 0.717) is 6.42 Å². The molecule has 0 amide bonds. The van der Waals surface area contributed by atoms with E-state index in [9.17, 15) is 4.79 Å². The van der Waals surface area contributed by atoms with Gasteiger partial charge in [-0.25, -0.2) is 0 Å². The minimum absolute atomic E-state index is 0.0245. The normalized spacial score (nSPS) is 15.6. The molecular weight excluding hydrogens is 190 g/mol. The Kier molecular flexibility index (Phi) is 2.73. The average molecular weight is 205 g/mol. The third-order valence-corrected chi connectivity index (χ3v) is 2.74. The molecule has 1 atom stereocenters. The van der Waals surface area contributed by atoms with Crippen molar-refractivity contribution in [1.82, 2.24) is 0 Å². The van der Waals surface area contributed by atoms with E-state index in [0.717, 1.165) is 24.3 Å². The van der Waals surface area contributed by atoms with Crippen molar-refractivity contribution >= 4 is 5.78 Å². The van der Waals surface area contributed by atoms with Crippen LogP contribution >= 0.6 is 0 Å². The van der Waals surface area contributed by atoms with Gasteiger partial charge in [-0.3, -0.25) is 4.79 Å². The lowest BCUT2D eigenvalue weighted by atomic mass is 10.0. The summed E-state index contributed by atoms with van der Waals surface area (Å²) in [6.45, 7) is 2.28. The number of hydrogen-bond donors (Lipinski definition) is 1. The summed E-state index contributed by atoms with van der Waals surface area (Å²) < 4.78 is 5.46. The molecule has 80 valence electrons. The van der Waals surface area contributed by atoms with E-state index >= 15 is 0 Å². The molecule has 0 saturated carbocycles. The third-order valence-electron chi connectivity index (χ3n) is 2.74. The van der Waals surface area contributed by atoms with Gasteiger partial charge in [0.1, 0.15) is 11.5 Å². The first-order valence-corrected chi connectivity index (χ1v) is 5.17. The lowest BCUT2D eigenvalue weighted by Gasteiger charge is -2.08. The van der Waals surface area contributed by atoms with Gasteiger partial charge in [0.2, 0.25) is 0 Å². The molecule has 1 aromatic carbocycles. The Balaban J connectivity index is 2.13. The van der Waals surface area contributed by atoms with Gasteiger partial charge in [-0.1, -0.05) is 12.1 Å². The zero-order chi connectivity index (χ0) is 10.8. The van der Waals surface area contributed by atoms with Crippen LogP contribution in [0, 0.1) is 0 Å². The van der Waals surface area contributed by atoms with E-state index in [1.165, 1.54) is 12.5 Å². The van der Waals surface area contributed by atoms with Crippen LogP contribution in [0.3, 0.4) is 0 Å². The highest BCUT2D eigenvalue weighted by atomic mass is 16.5. The van der Waals surface area contributed by atoms with Crippen molar-refractivity contribution in [2.24, 2.45) is 5.73 Å². The van der Waals surface area contributed by atoms with Crippen LogP contribution in [0.1, 0.15) is 18.1 Å². The number of rotatable bonds is 3. The molecule has 15 heavy (non-hydrogen) atoms. The topological polar surface area (TPSA) is 52.3 Å². The van der Waals surface area contributed by atoms with Gasteiger partial charge in [0, 0.05) is 6.42 Å². The van der Waals surface area contributed by atoms with Gasteiger partial charge >= 0.3 is 0 Å². The number of benzene rings is 1. The van der Waals surface area contributed by atoms with Crippen LogP contribution in [0.15, 0.2) is 18.2 Å². The van der Waals surface area contributed by atoms with Crippen molar-refractivity contribution in [3.63, 3.8) is 0 Å². The summed E-state index contributed by atoms with van der Waals surface area (Å²) in [5.41, 5.74) is 8.02. The standard InChI is InChI=1S/C12H15NO2/c1-8(14)11(13)6-9-2-3-10-4-5-15-12(10)7-9/h2-3,7,11H,4-6,13H2,1H3. The van der Waals surface area contributed by atoms with E-state index in [1.54, 1.807) is 0 Å². The molecule has 0 bridgehead atoms. The van der Waals surface area contributed by atoms with Crippen molar-refractivity contribution in [2.75, 3.05) is 6.61 Å². The van der Waals surface area contributed by atoms with Crippen molar-refractivity contribution in [3.8, 4) is 5.75 Å². The summed E-state index contributed by atoms with van der Waals surface area (Å²) in [6, 6.07) is 5.68. The van der Waals surface area contributed by atoms with Crippen LogP contribution in [-0.4, -0.2) is 18.4 Å². The van der Waals surface area contributed by atoms with E-state index in [1.807, 2.05) is 12.1 Å². The molecule has 1 aromatic rings. The van der Waals surface area contributed by atoms with Crippen LogP contribution in [0.5, 0.6) is 5.75 Å². The number of carbonyl (C=O) groups is 1. The molecule has 2 N–H and O–H groups in total. The fraction of sp³-hybridized carbons (Fsp3) is 0.417. The van der Waals surface area contributed by atoms with E-state index < -0.39 is 6.04 Å². The summed E-state index contributed by atoms with van der Waals surface area (Å²) in [4.78, 5) is 11.0. The summed E-state index contributed by atoms with van der Waals surface area (Å²) in [7, 11) is 0. The smallest absolute Gasteiger partial charge is 0.146 e. The van der Waals surface area contributed by atoms with Crippen molar-refractivity contribution < 1.29 is 9.53 Å². The van der Waals surface area contributed by atoms with E-state index in [2.05, 4.69) is 6.07 Å². The summed E-state index contributed by atoms with van der Waals surface area (Å²) in [5, 5.41) is 0. The maximum atomic E-state index is 11.0. The van der Waals surface area contributed by atoms with Gasteiger partial charge in [-0.05, 0) is 30.5 Å². The van der Waals surface area contributed by atoms with Crippen LogP contribution in [0.25, 0.3) is 0 Å². The summed E-state index contributed by atoms with van der Waals surface area (Å²) >= 11 is 0. The highest BCUT2D eigenvalue weighted by Crippen LogP contribution is 2.26. The third kappa shape index (κ3) is 2.18. The molecule has 0 saturated heterocycles. The molecule has 1 unspecified atom stereocenters. The Hall–Kier alpha value is -1.35. The van der Waals surface area contributed by atoms with Gasteiger partial charge in [-0.15, -0.1) is 0 Å². The number of Topliss-reactive ketones (excluding diaryl/α,β-unsaturated/α-hetero) is 1. The lowest BCUT2D eigenvalue weighted by Crippen LogP contribution is -2.30. The number of ketones is 1. The predicted octanol–water partition coefficient (Wildman–Crippen LogP) is 1.08. The van der Waals surface area contributed by atoms with Crippen molar-refractivity contribution in [2.45, 2.75) is 25.8 Å². The Labute approximate surface area is 89.2 Å². The molecule has 2 rings (SSSR count). The van der Waals surface area contributed by atoms with Gasteiger partial charge in [0.05, 0.1) is 12.6 Å². The van der Waals surface area contributed by atoms with E-state index in [-0.39, 0.29) is 5.78 Å². The van der Waals surface area contributed by atoms with Gasteiger partial charge in [0.15, 0.2) is 0 Å². The maximum absolute atomic E-state index is 11.0. The monoisotopic (exact) mass is 205 g/mol. The summed E-state index contributed by atoms with van der Waals surface area (Å²) in [5.74, 6) is 0.972. The first-order valence-electron chi connectivity index (χ1n) is 5.17. The minimum Gasteiger partial charge on any atom is -0.493 e. The zero-order valence-electron chi connectivity index (χ0n) is 8.82. The number of carbonyl (C=O) groups excluding carboxylic acids is 1. The quantitative estimate of drug-likeness (QED) is 0.803. The van der Waals surface area contributed by atoms with Crippen LogP contribution in [0.2, 0.25) is 0 Å². The van der Waals surface area contributed by atoms with Gasteiger partial charge in [-0.2, -0.15) is 0 Å². The maximum Gasteiger partial charge on any atom is 0.146 e. The fourth-order valence-corrected chi connectivity index (χ4v) is 1.74. The second-order valence-corrected chi connectivity index (χ2v) is 3.96. The molecule has 3 heteroatoms. The first-order chi connectivity index (χ1) is 7.16. The average Bonchev–Trinajstić information content (AvgIpc) is 2.64. The predicted molar refractivity (Wildman–Crippen MR) is 58.0 cm³/mol. The number of fused-ring (bicyclic) bond motifs is 1. The Bertz CT molecular complexity index is 387. The largest absolute Gasteiger partial charge is 0.493 e. The van der Waals surface area contributed by atoms with Gasteiger partial charge in [0.25, 0.3) is 0 Å². The number of nitrogens with two attached hydrogens (primary N) is 1. The zero-order valence-corrected chi connectivity index (χ0v) is 8.82. The summed E-state index contributed by atoms with van der Waals surface area (Å²) in [6.07, 6.45) is 1.57. The van der Waals surface area contributed by atoms with E-state index in [4.69, 9.17) is 10.5 Å². The molecule has 1 aliphatic rings. The highest BCUT2D eigenvalue weighted by molar-refractivity contribution is 5.81. The minimum atomic E-state index is -0.399. The molecule has 1 aliphatic heterocycles. The molecule has 0 aliphatic carbocycles. The molecule has 0 radical (unpaired) electrons. The number of hydrogen-bond acceptors (Lipinski definition) is 3. The fourth-order valence-electron chi connectivity index (χ4n) is 1.74. The van der Waals surface area contributed by atoms with Crippen LogP contribution in [-0.2, 0) is 17.6 Å². The molecule has 0 spiro atoms. The Morgan fingerprint density at radius 2 is 2.40 bits per heavy atom. The first kappa shape index (κ1) is 10.2. The molecule has 1 heterocycles. The molecular formula is C12H15NO2. The van der Waals surface area contributed by atoms with Crippen molar-refractivity contribution in [3.05, 3.63) is 29.3 Å². The Morgan fingerprint density at radius 3 is 3.13 bits per heavy atom. The van der Waals surface area contributed by atoms with Crippen LogP contribution < -0.4 is 10.5 Å². The second kappa shape index (κ2) is 4.03. The number of ether oxygens (including phenoxy) is 1. The molecule has 0 fully saturated rings. The SMILES string of the molecule is CC(=O)C(N)Cc1ccc2c(c1)OCC2. The molecule has 3 nitrogen and oxygen atoms in total. The van der Waals surface area contributed by atoms with Gasteiger partial charge < -0.3 is 10.5 Å². The van der Waals surface area contributed by atoms with Crippen molar-refractivity contribution in [1.29, 1.82) is 0 Å². The second-order valence-electron chi connectivity index (χ2n) is 3.96. The lowest BCUT2D eigenvalue weighted by molar-refractivity contribution is -0.118. The highest BCUT2D eigenvalue weighted by Gasteiger charge is 2.14. The Morgan fingerprint density at radius 1 is 1.60 bits per heavy atom. The molecule has 0 aromatic heterocycles. The van der Waals surface area contributed by atoms with Crippen LogP contribution in [0.4, 0.5) is 0 Å².